The van der Waals surface area contributed by atoms with E-state index in [0.29, 0.717) is 39.9 Å². The second kappa shape index (κ2) is 9.24. The van der Waals surface area contributed by atoms with Crippen LogP contribution < -0.4 is 15.8 Å². The summed E-state index contributed by atoms with van der Waals surface area (Å²) >= 11 is 6.18. The van der Waals surface area contributed by atoms with Crippen molar-refractivity contribution in [2.24, 2.45) is 5.73 Å². The normalized spacial score (nSPS) is 22.8. The van der Waals surface area contributed by atoms with Gasteiger partial charge in [-0.05, 0) is 39.3 Å². The van der Waals surface area contributed by atoms with E-state index in [1.807, 2.05) is 6.92 Å². The number of aryl methyl sites for hydroxylation is 2. The number of amides is 1. The van der Waals surface area contributed by atoms with Crippen molar-refractivity contribution < 1.29 is 19.0 Å². The van der Waals surface area contributed by atoms with Crippen LogP contribution in [0.25, 0.3) is 5.57 Å². The molecule has 0 spiro atoms. The van der Waals surface area contributed by atoms with Gasteiger partial charge in [-0.25, -0.2) is 14.4 Å². The molecule has 1 aromatic heterocycles. The number of carbonyl (C=O) groups is 1. The summed E-state index contributed by atoms with van der Waals surface area (Å²) in [6.07, 6.45) is 0.0574. The first-order valence-electron chi connectivity index (χ1n) is 10.8. The Morgan fingerprint density at radius 2 is 2.03 bits per heavy atom. The van der Waals surface area contributed by atoms with Crippen LogP contribution in [-0.2, 0) is 0 Å². The molecule has 33 heavy (non-hydrogen) atoms. The molecule has 8 nitrogen and oxygen atoms in total. The number of halogens is 2. The fraction of sp³-hybridized carbons (Fsp3) is 0.435. The molecule has 1 aromatic carbocycles. The van der Waals surface area contributed by atoms with Gasteiger partial charge in [0, 0.05) is 29.4 Å². The van der Waals surface area contributed by atoms with Crippen molar-refractivity contribution in [3.63, 3.8) is 0 Å². The van der Waals surface area contributed by atoms with E-state index in [9.17, 15) is 14.3 Å². The van der Waals surface area contributed by atoms with Crippen molar-refractivity contribution in [3.05, 3.63) is 57.5 Å². The minimum Gasteiger partial charge on any atom is -0.491 e. The Morgan fingerprint density at radius 1 is 1.33 bits per heavy atom. The van der Waals surface area contributed by atoms with Crippen molar-refractivity contribution in [2.45, 2.75) is 45.4 Å². The topological polar surface area (TPSA) is 114 Å². The number of aliphatic hydroxyl groups is 1. The molecule has 2 aliphatic rings. The number of benzene rings is 1. The maximum Gasteiger partial charge on any atom is 0.258 e. The first-order chi connectivity index (χ1) is 15.6. The van der Waals surface area contributed by atoms with Crippen LogP contribution in [0.3, 0.4) is 0 Å². The second-order valence-corrected chi connectivity index (χ2v) is 8.98. The summed E-state index contributed by atoms with van der Waals surface area (Å²) in [5, 5.41) is 13.6. The number of hydrogen-bond donors (Lipinski definition) is 3. The van der Waals surface area contributed by atoms with Crippen LogP contribution in [0, 0.1) is 19.7 Å². The third-order valence-corrected chi connectivity index (χ3v) is 6.60. The minimum absolute atomic E-state index is 0.0494. The molecule has 0 saturated carbocycles. The summed E-state index contributed by atoms with van der Waals surface area (Å²) in [5.41, 5.74) is 8.90. The van der Waals surface area contributed by atoms with Crippen molar-refractivity contribution >= 4 is 23.1 Å². The Morgan fingerprint density at radius 3 is 2.67 bits per heavy atom. The Hall–Kier alpha value is -2.75. The third-order valence-electron chi connectivity index (χ3n) is 6.05. The zero-order valence-corrected chi connectivity index (χ0v) is 19.5. The van der Waals surface area contributed by atoms with E-state index in [2.05, 4.69) is 15.3 Å². The fourth-order valence-corrected chi connectivity index (χ4v) is 4.25. The number of nitrogens with two attached hydrogens (primary N) is 1. The first kappa shape index (κ1) is 23.4. The monoisotopic (exact) mass is 475 g/mol. The highest BCUT2D eigenvalue weighted by Gasteiger charge is 2.31. The Balaban J connectivity index is 1.51. The molecule has 4 N–H and O–H groups in total. The van der Waals surface area contributed by atoms with Crippen LogP contribution in [0.5, 0.6) is 5.75 Å². The lowest BCUT2D eigenvalue weighted by molar-refractivity contribution is 0.0793. The van der Waals surface area contributed by atoms with Gasteiger partial charge in [0.05, 0.1) is 41.2 Å². The van der Waals surface area contributed by atoms with Crippen molar-refractivity contribution in [1.29, 1.82) is 0 Å². The molecule has 176 valence electrons. The van der Waals surface area contributed by atoms with Crippen LogP contribution in [-0.4, -0.2) is 63.8 Å². The van der Waals surface area contributed by atoms with E-state index in [1.165, 1.54) is 18.2 Å². The van der Waals surface area contributed by atoms with Gasteiger partial charge in [0.2, 0.25) is 0 Å². The number of hydrogen-bond acceptors (Lipinski definition) is 7. The first-order valence-corrected chi connectivity index (χ1v) is 11.2. The zero-order chi connectivity index (χ0) is 23.9. The molecular weight excluding hydrogens is 449 g/mol. The molecule has 0 aliphatic carbocycles. The maximum absolute atomic E-state index is 14.0. The van der Waals surface area contributed by atoms with Crippen LogP contribution in [0.15, 0.2) is 23.9 Å². The Labute approximate surface area is 196 Å². The molecule has 2 aliphatic heterocycles. The van der Waals surface area contributed by atoms with E-state index < -0.39 is 11.9 Å². The molecule has 2 aromatic rings. The summed E-state index contributed by atoms with van der Waals surface area (Å²) in [5.74, 6) is -0.247. The average Bonchev–Trinajstić information content (AvgIpc) is 3.31. The molecule has 1 amide bonds. The van der Waals surface area contributed by atoms with Crippen molar-refractivity contribution in [1.82, 2.24) is 20.2 Å². The molecule has 3 heterocycles. The quantitative estimate of drug-likeness (QED) is 0.607. The molecule has 1 fully saturated rings. The largest absolute Gasteiger partial charge is 0.491 e. The Kier molecular flexibility index (Phi) is 6.56. The van der Waals surface area contributed by atoms with E-state index in [-0.39, 0.29) is 49.0 Å². The Bertz CT molecular complexity index is 1090. The number of nitrogens with one attached hydrogen (secondary N) is 1. The van der Waals surface area contributed by atoms with Gasteiger partial charge in [-0.15, -0.1) is 0 Å². The summed E-state index contributed by atoms with van der Waals surface area (Å²) in [4.78, 5) is 23.7. The van der Waals surface area contributed by atoms with E-state index in [4.69, 9.17) is 22.1 Å². The van der Waals surface area contributed by atoms with Gasteiger partial charge in [-0.3, -0.25) is 4.79 Å². The van der Waals surface area contributed by atoms with Gasteiger partial charge in [0.1, 0.15) is 18.2 Å². The van der Waals surface area contributed by atoms with E-state index in [0.717, 1.165) is 0 Å². The molecule has 4 rings (SSSR count). The minimum atomic E-state index is -0.505. The zero-order valence-electron chi connectivity index (χ0n) is 18.7. The van der Waals surface area contributed by atoms with Crippen LogP contribution in [0.2, 0.25) is 5.02 Å². The van der Waals surface area contributed by atoms with Crippen LogP contribution >= 0.6 is 11.6 Å². The number of aromatic nitrogens is 2. The van der Waals surface area contributed by atoms with Gasteiger partial charge in [0.15, 0.2) is 5.82 Å². The van der Waals surface area contributed by atoms with Gasteiger partial charge in [-0.1, -0.05) is 11.6 Å². The molecule has 0 bridgehead atoms. The molecule has 10 heteroatoms. The van der Waals surface area contributed by atoms with E-state index in [1.54, 1.807) is 18.7 Å². The summed E-state index contributed by atoms with van der Waals surface area (Å²) in [7, 11) is 0. The molecule has 0 radical (unpaired) electrons. The van der Waals surface area contributed by atoms with E-state index >= 15 is 0 Å². The van der Waals surface area contributed by atoms with Gasteiger partial charge in [-0.2, -0.15) is 0 Å². The highest BCUT2D eigenvalue weighted by molar-refractivity contribution is 6.31. The number of carbonyl (C=O) groups excluding carboxylic acids is 1. The third kappa shape index (κ3) is 4.80. The van der Waals surface area contributed by atoms with Gasteiger partial charge >= 0.3 is 0 Å². The number of rotatable bonds is 5. The molecule has 1 saturated heterocycles. The second-order valence-electron chi connectivity index (χ2n) is 8.60. The lowest BCUT2D eigenvalue weighted by Gasteiger charge is -2.20. The summed E-state index contributed by atoms with van der Waals surface area (Å²) in [6, 6.07) is 3.69. The van der Waals surface area contributed by atoms with Crippen molar-refractivity contribution in [2.75, 3.05) is 19.7 Å². The van der Waals surface area contributed by atoms with Gasteiger partial charge in [0.25, 0.3) is 5.91 Å². The lowest BCUT2D eigenvalue weighted by atomic mass is 10.1. The molecular formula is C23H27ClFN5O3. The predicted molar refractivity (Wildman–Crippen MR) is 122 cm³/mol. The van der Waals surface area contributed by atoms with Crippen LogP contribution in [0.1, 0.15) is 40.9 Å². The summed E-state index contributed by atoms with van der Waals surface area (Å²) < 4.78 is 19.8. The fourth-order valence-electron chi connectivity index (χ4n) is 4.16. The smallest absolute Gasteiger partial charge is 0.258 e. The molecule has 3 unspecified atom stereocenters. The lowest BCUT2D eigenvalue weighted by Crippen LogP contribution is -2.34. The maximum atomic E-state index is 14.0. The predicted octanol–water partition coefficient (Wildman–Crippen LogP) is 2.20. The molecule has 3 atom stereocenters. The highest BCUT2D eigenvalue weighted by atomic mass is 35.5. The van der Waals surface area contributed by atoms with Gasteiger partial charge < -0.3 is 25.8 Å². The number of nitrogens with zero attached hydrogens (tertiary/aromatic N) is 3. The standard InChI is InChI=1S/C23H27ClFN5O3/c1-11-19(31)7-15(27-11)10-33-20-6-14(25)4-5-16(20)23(32)30-8-17(18(26)9-30)22-28-12(2)21(24)13(3)29-22/h4-6,11,15,19,27,31H,7-10,26H2,1-3H3. The number of ether oxygens (including phenoxy) is 1. The highest BCUT2D eigenvalue weighted by Crippen LogP contribution is 2.29. The van der Waals surface area contributed by atoms with Crippen LogP contribution in [0.4, 0.5) is 4.39 Å². The average molecular weight is 476 g/mol. The summed E-state index contributed by atoms with van der Waals surface area (Å²) in [6.45, 7) is 6.08. The number of aliphatic hydroxyl groups excluding tert-OH is 1. The SMILES string of the molecule is Cc1nc(C2=C(N)CN(C(=O)c3ccc(F)cc3OCC3CC(O)C(C)N3)C2)nc(C)c1Cl. The van der Waals surface area contributed by atoms with Crippen molar-refractivity contribution in [3.8, 4) is 5.75 Å².